The van der Waals surface area contributed by atoms with Crippen LogP contribution in [0.1, 0.15) is 10.4 Å². The molecule has 0 saturated carbocycles. The van der Waals surface area contributed by atoms with E-state index >= 15 is 0 Å². The number of para-hydroxylation sites is 1. The van der Waals surface area contributed by atoms with Crippen LogP contribution in [0, 0.1) is 0 Å². The Morgan fingerprint density at radius 3 is 2.52 bits per heavy atom. The molecule has 0 unspecified atom stereocenters. The van der Waals surface area contributed by atoms with Crippen molar-refractivity contribution in [3.8, 4) is 0 Å². The van der Waals surface area contributed by atoms with Crippen molar-refractivity contribution in [1.82, 2.24) is 5.32 Å². The van der Waals surface area contributed by atoms with Gasteiger partial charge >= 0.3 is 0 Å². The molecule has 6 nitrogen and oxygen atoms in total. The summed E-state index contributed by atoms with van der Waals surface area (Å²) in [5, 5.41) is 3.07. The molecule has 0 fully saturated rings. The first kappa shape index (κ1) is 19.2. The third kappa shape index (κ3) is 5.45. The molecule has 2 aromatic rings. The lowest BCUT2D eigenvalue weighted by Gasteiger charge is -2.11. The average molecular weight is 383 g/mol. The maximum atomic E-state index is 12.5. The molecule has 2 aromatic carbocycles. The first-order chi connectivity index (χ1) is 11.8. The summed E-state index contributed by atoms with van der Waals surface area (Å²) >= 11 is 5.99. The quantitative estimate of drug-likeness (QED) is 0.668. The van der Waals surface area contributed by atoms with Gasteiger partial charge in [0.15, 0.2) is 0 Å². The molecule has 0 bridgehead atoms. The first-order valence-corrected chi connectivity index (χ1v) is 9.60. The number of benzene rings is 2. The molecule has 0 saturated heterocycles. The molecule has 8 heteroatoms. The Morgan fingerprint density at radius 1 is 1.12 bits per heavy atom. The van der Waals surface area contributed by atoms with Crippen LogP contribution in [-0.4, -0.2) is 41.5 Å². The van der Waals surface area contributed by atoms with E-state index in [-0.39, 0.29) is 22.1 Å². The van der Waals surface area contributed by atoms with Gasteiger partial charge in [0.2, 0.25) is 0 Å². The lowest BCUT2D eigenvalue weighted by molar-refractivity contribution is -0.856. The summed E-state index contributed by atoms with van der Waals surface area (Å²) < 4.78 is 27.5. The fraction of sp³-hybridized carbons (Fsp3) is 0.235. The van der Waals surface area contributed by atoms with Crippen LogP contribution >= 0.6 is 11.6 Å². The van der Waals surface area contributed by atoms with Crippen molar-refractivity contribution in [2.75, 3.05) is 31.9 Å². The normalized spacial score (nSPS) is 11.4. The number of rotatable bonds is 7. The summed E-state index contributed by atoms with van der Waals surface area (Å²) in [6.07, 6.45) is 0. The Kier molecular flexibility index (Phi) is 6.41. The summed E-state index contributed by atoms with van der Waals surface area (Å²) in [5.74, 6) is -0.309. The zero-order chi connectivity index (χ0) is 18.4. The van der Waals surface area contributed by atoms with E-state index in [9.17, 15) is 13.2 Å². The van der Waals surface area contributed by atoms with E-state index in [1.807, 2.05) is 14.1 Å². The molecule has 0 aliphatic heterocycles. The standard InChI is InChI=1S/C17H20ClN3O3S/c1-21(2)11-10-19-17(22)13-6-5-7-14(12-13)25(23,24)20-16-9-4-3-8-15(16)18/h3-9,12,20H,10-11H2,1-2H3,(H,19,22)/p+1. The van der Waals surface area contributed by atoms with Crippen molar-refractivity contribution in [2.45, 2.75) is 4.90 Å². The van der Waals surface area contributed by atoms with Crippen LogP contribution in [0.15, 0.2) is 53.4 Å². The van der Waals surface area contributed by atoms with E-state index in [0.29, 0.717) is 11.6 Å². The van der Waals surface area contributed by atoms with Crippen molar-refractivity contribution in [3.63, 3.8) is 0 Å². The van der Waals surface area contributed by atoms with Crippen LogP contribution in [0.4, 0.5) is 5.69 Å². The number of amides is 1. The van der Waals surface area contributed by atoms with Gasteiger partial charge in [0.25, 0.3) is 15.9 Å². The van der Waals surface area contributed by atoms with E-state index in [4.69, 9.17) is 11.6 Å². The molecule has 0 radical (unpaired) electrons. The van der Waals surface area contributed by atoms with Crippen LogP contribution in [0.2, 0.25) is 5.02 Å². The zero-order valence-electron chi connectivity index (χ0n) is 14.0. The Bertz CT molecular complexity index is 854. The fourth-order valence-electron chi connectivity index (χ4n) is 2.08. The maximum Gasteiger partial charge on any atom is 0.261 e. The van der Waals surface area contributed by atoms with Gasteiger partial charge in [-0.3, -0.25) is 9.52 Å². The van der Waals surface area contributed by atoms with Gasteiger partial charge in [0.1, 0.15) is 0 Å². The summed E-state index contributed by atoms with van der Waals surface area (Å²) in [7, 11) is 0.127. The molecule has 1 amide bonds. The van der Waals surface area contributed by atoms with Crippen LogP contribution < -0.4 is 14.9 Å². The van der Waals surface area contributed by atoms with Crippen molar-refractivity contribution in [2.24, 2.45) is 0 Å². The number of nitrogens with one attached hydrogen (secondary N) is 3. The SMILES string of the molecule is C[NH+](C)CCNC(=O)c1cccc(S(=O)(=O)Nc2ccccc2Cl)c1. The Balaban J connectivity index is 2.17. The Labute approximate surface area is 152 Å². The predicted molar refractivity (Wildman–Crippen MR) is 98.7 cm³/mol. The molecule has 25 heavy (non-hydrogen) atoms. The molecule has 3 N–H and O–H groups in total. The number of carbonyl (C=O) groups excluding carboxylic acids is 1. The summed E-state index contributed by atoms with van der Waals surface area (Å²) in [6, 6.07) is 12.4. The highest BCUT2D eigenvalue weighted by Gasteiger charge is 2.17. The molecule has 0 aliphatic carbocycles. The highest BCUT2D eigenvalue weighted by atomic mass is 35.5. The molecule has 0 heterocycles. The molecular formula is C17H21ClN3O3S+. The Morgan fingerprint density at radius 2 is 1.84 bits per heavy atom. The fourth-order valence-corrected chi connectivity index (χ4v) is 3.44. The second kappa shape index (κ2) is 8.33. The molecule has 2 rings (SSSR count). The minimum Gasteiger partial charge on any atom is -0.346 e. The number of carbonyl (C=O) groups is 1. The highest BCUT2D eigenvalue weighted by molar-refractivity contribution is 7.92. The largest absolute Gasteiger partial charge is 0.346 e. The summed E-state index contributed by atoms with van der Waals surface area (Å²) in [4.78, 5) is 13.4. The van der Waals surface area contributed by atoms with Crippen molar-refractivity contribution in [3.05, 3.63) is 59.1 Å². The van der Waals surface area contributed by atoms with Gasteiger partial charge in [-0.15, -0.1) is 0 Å². The predicted octanol–water partition coefficient (Wildman–Crippen LogP) is 1.02. The van der Waals surface area contributed by atoms with Gasteiger partial charge in [0, 0.05) is 5.56 Å². The second-order valence-electron chi connectivity index (χ2n) is 5.83. The van der Waals surface area contributed by atoms with E-state index in [0.717, 1.165) is 6.54 Å². The van der Waals surface area contributed by atoms with Crippen LogP contribution in [0.25, 0.3) is 0 Å². The molecule has 0 atom stereocenters. The third-order valence-electron chi connectivity index (χ3n) is 3.44. The molecule has 0 aromatic heterocycles. The maximum absolute atomic E-state index is 12.5. The second-order valence-corrected chi connectivity index (χ2v) is 7.92. The minimum atomic E-state index is -3.84. The van der Waals surface area contributed by atoms with E-state index in [1.54, 1.807) is 30.3 Å². The number of likely N-dealkylation sites (N-methyl/N-ethyl adjacent to an activating group) is 1. The van der Waals surface area contributed by atoms with Crippen molar-refractivity contribution < 1.29 is 18.1 Å². The topological polar surface area (TPSA) is 79.7 Å². The summed E-state index contributed by atoms with van der Waals surface area (Å²) in [6.45, 7) is 1.29. The number of hydrogen-bond donors (Lipinski definition) is 3. The number of sulfonamides is 1. The smallest absolute Gasteiger partial charge is 0.261 e. The molecule has 0 spiro atoms. The zero-order valence-corrected chi connectivity index (χ0v) is 15.6. The number of anilines is 1. The van der Waals surface area contributed by atoms with Gasteiger partial charge in [-0.2, -0.15) is 0 Å². The molecule has 134 valence electrons. The van der Waals surface area contributed by atoms with Gasteiger partial charge < -0.3 is 10.2 Å². The average Bonchev–Trinajstić information content (AvgIpc) is 2.56. The monoisotopic (exact) mass is 382 g/mol. The van der Waals surface area contributed by atoms with Gasteiger partial charge in [-0.05, 0) is 30.3 Å². The molecule has 0 aliphatic rings. The van der Waals surface area contributed by atoms with Gasteiger partial charge in [0.05, 0.1) is 42.8 Å². The number of hydrogen-bond acceptors (Lipinski definition) is 3. The summed E-state index contributed by atoms with van der Waals surface area (Å²) in [5.41, 5.74) is 0.573. The first-order valence-electron chi connectivity index (χ1n) is 7.74. The lowest BCUT2D eigenvalue weighted by Crippen LogP contribution is -3.06. The number of halogens is 1. The highest BCUT2D eigenvalue weighted by Crippen LogP contribution is 2.24. The molecular weight excluding hydrogens is 362 g/mol. The van der Waals surface area contributed by atoms with Crippen molar-refractivity contribution >= 4 is 33.2 Å². The minimum absolute atomic E-state index is 0.00157. The van der Waals surface area contributed by atoms with E-state index < -0.39 is 10.0 Å². The Hall–Kier alpha value is -2.09. The van der Waals surface area contributed by atoms with Crippen LogP contribution in [0.5, 0.6) is 0 Å². The number of quaternary nitrogens is 1. The lowest BCUT2D eigenvalue weighted by atomic mass is 10.2. The van der Waals surface area contributed by atoms with E-state index in [2.05, 4.69) is 10.0 Å². The van der Waals surface area contributed by atoms with Gasteiger partial charge in [-0.25, -0.2) is 8.42 Å². The van der Waals surface area contributed by atoms with Crippen LogP contribution in [-0.2, 0) is 10.0 Å². The van der Waals surface area contributed by atoms with E-state index in [1.165, 1.54) is 23.1 Å². The third-order valence-corrected chi connectivity index (χ3v) is 5.13. The van der Waals surface area contributed by atoms with Gasteiger partial charge in [-0.1, -0.05) is 29.8 Å². The van der Waals surface area contributed by atoms with Crippen molar-refractivity contribution in [1.29, 1.82) is 0 Å². The van der Waals surface area contributed by atoms with Crippen LogP contribution in [0.3, 0.4) is 0 Å².